The predicted molar refractivity (Wildman–Crippen MR) is 87.7 cm³/mol. The number of likely N-dealkylation sites (N-methyl/N-ethyl adjacent to an activating group) is 1. The lowest BCUT2D eigenvalue weighted by molar-refractivity contribution is -0.135. The van der Waals surface area contributed by atoms with E-state index in [4.69, 9.17) is 10.5 Å². The Morgan fingerprint density at radius 2 is 2.00 bits per heavy atom. The van der Waals surface area contributed by atoms with Crippen molar-refractivity contribution in [3.63, 3.8) is 0 Å². The van der Waals surface area contributed by atoms with Crippen LogP contribution in [-0.4, -0.2) is 43.2 Å². The Morgan fingerprint density at radius 3 is 2.52 bits per heavy atom. The molecule has 0 aromatic carbocycles. The third-order valence-corrected chi connectivity index (χ3v) is 5.06. The summed E-state index contributed by atoms with van der Waals surface area (Å²) in [4.78, 5) is 14.6. The highest BCUT2D eigenvalue weighted by molar-refractivity contribution is 5.85. The Hall–Kier alpha value is -0.320. The van der Waals surface area contributed by atoms with Gasteiger partial charge in [0.2, 0.25) is 5.91 Å². The minimum atomic E-state index is 0. The second-order valence-corrected chi connectivity index (χ2v) is 6.51. The highest BCUT2D eigenvalue weighted by atomic mass is 35.5. The number of hydrogen-bond acceptors (Lipinski definition) is 3. The van der Waals surface area contributed by atoms with Gasteiger partial charge in [-0.15, -0.1) is 12.4 Å². The molecule has 124 valence electrons. The average molecular weight is 319 g/mol. The molecule has 0 radical (unpaired) electrons. The Balaban J connectivity index is 0.00000220. The zero-order chi connectivity index (χ0) is 14.4. The predicted octanol–water partition coefficient (Wildman–Crippen LogP) is 2.74. The molecular weight excluding hydrogens is 288 g/mol. The van der Waals surface area contributed by atoms with Gasteiger partial charge >= 0.3 is 0 Å². The molecule has 0 bridgehead atoms. The van der Waals surface area contributed by atoms with Crippen LogP contribution in [0.25, 0.3) is 0 Å². The topological polar surface area (TPSA) is 55.6 Å². The lowest BCUT2D eigenvalue weighted by atomic mass is 9.71. The van der Waals surface area contributed by atoms with Crippen LogP contribution in [-0.2, 0) is 9.53 Å². The monoisotopic (exact) mass is 318 g/mol. The van der Waals surface area contributed by atoms with Crippen molar-refractivity contribution < 1.29 is 9.53 Å². The van der Waals surface area contributed by atoms with Crippen molar-refractivity contribution in [2.45, 2.75) is 64.4 Å². The lowest BCUT2D eigenvalue weighted by Crippen LogP contribution is -2.43. The molecule has 1 saturated carbocycles. The highest BCUT2D eigenvalue weighted by Gasteiger charge is 2.34. The van der Waals surface area contributed by atoms with Gasteiger partial charge in [-0.05, 0) is 44.6 Å². The van der Waals surface area contributed by atoms with Gasteiger partial charge in [0.1, 0.15) is 0 Å². The van der Waals surface area contributed by atoms with E-state index in [0.29, 0.717) is 13.0 Å². The Bertz CT molecular complexity index is 313. The van der Waals surface area contributed by atoms with E-state index < -0.39 is 0 Å². The number of carbonyl (C=O) groups is 1. The standard InChI is InChI=1S/C16H30N2O2.ClH/c1-2-18(12-14-7-6-10-20-14)15(19)11-16(13-17)8-4-3-5-9-16;/h14H,2-13,17H2,1H3;1H. The molecule has 1 aliphatic carbocycles. The minimum Gasteiger partial charge on any atom is -0.376 e. The summed E-state index contributed by atoms with van der Waals surface area (Å²) in [6, 6.07) is 0. The molecule has 1 heterocycles. The smallest absolute Gasteiger partial charge is 0.223 e. The van der Waals surface area contributed by atoms with Crippen LogP contribution in [0.15, 0.2) is 0 Å². The van der Waals surface area contributed by atoms with Crippen molar-refractivity contribution in [1.82, 2.24) is 4.90 Å². The maximum Gasteiger partial charge on any atom is 0.223 e. The van der Waals surface area contributed by atoms with Gasteiger partial charge in [-0.2, -0.15) is 0 Å². The molecule has 1 atom stereocenters. The van der Waals surface area contributed by atoms with Crippen LogP contribution >= 0.6 is 12.4 Å². The maximum atomic E-state index is 12.6. The van der Waals surface area contributed by atoms with Crippen LogP contribution in [0, 0.1) is 5.41 Å². The first-order valence-corrected chi connectivity index (χ1v) is 8.28. The van der Waals surface area contributed by atoms with Gasteiger partial charge in [0.25, 0.3) is 0 Å². The van der Waals surface area contributed by atoms with Gasteiger partial charge in [-0.3, -0.25) is 4.79 Å². The van der Waals surface area contributed by atoms with E-state index in [-0.39, 0.29) is 29.8 Å². The molecular formula is C16H31ClN2O2. The molecule has 2 rings (SSSR count). The number of nitrogens with zero attached hydrogens (tertiary/aromatic N) is 1. The molecule has 2 aliphatic rings. The van der Waals surface area contributed by atoms with Crippen LogP contribution in [0.2, 0.25) is 0 Å². The number of hydrogen-bond donors (Lipinski definition) is 1. The number of rotatable bonds is 6. The molecule has 2 fully saturated rings. The molecule has 5 heteroatoms. The SMILES string of the molecule is CCN(CC1CCCO1)C(=O)CC1(CN)CCCCC1.Cl. The number of amides is 1. The van der Waals surface area contributed by atoms with E-state index in [1.807, 2.05) is 4.90 Å². The molecule has 0 aromatic heterocycles. The van der Waals surface area contributed by atoms with Gasteiger partial charge in [0.15, 0.2) is 0 Å². The summed E-state index contributed by atoms with van der Waals surface area (Å²) in [5.74, 6) is 0.273. The summed E-state index contributed by atoms with van der Waals surface area (Å²) in [7, 11) is 0. The highest BCUT2D eigenvalue weighted by Crippen LogP contribution is 2.38. The first-order valence-electron chi connectivity index (χ1n) is 8.28. The summed E-state index contributed by atoms with van der Waals surface area (Å²) in [6.07, 6.45) is 9.08. The summed E-state index contributed by atoms with van der Waals surface area (Å²) in [6.45, 7) is 5.09. The van der Waals surface area contributed by atoms with Crippen LogP contribution in [0.3, 0.4) is 0 Å². The zero-order valence-corrected chi connectivity index (χ0v) is 14.1. The maximum absolute atomic E-state index is 12.6. The molecule has 1 amide bonds. The van der Waals surface area contributed by atoms with Crippen LogP contribution in [0.1, 0.15) is 58.3 Å². The van der Waals surface area contributed by atoms with E-state index in [0.717, 1.165) is 45.4 Å². The largest absolute Gasteiger partial charge is 0.376 e. The third-order valence-electron chi connectivity index (χ3n) is 5.06. The summed E-state index contributed by atoms with van der Waals surface area (Å²) in [5.41, 5.74) is 6.07. The quantitative estimate of drug-likeness (QED) is 0.819. The third kappa shape index (κ3) is 5.11. The Morgan fingerprint density at radius 1 is 1.29 bits per heavy atom. The molecule has 21 heavy (non-hydrogen) atoms. The minimum absolute atomic E-state index is 0. The fourth-order valence-corrected chi connectivity index (χ4v) is 3.63. The first-order chi connectivity index (χ1) is 9.69. The number of nitrogens with two attached hydrogens (primary N) is 1. The van der Waals surface area contributed by atoms with Crippen molar-refractivity contribution in [1.29, 1.82) is 0 Å². The van der Waals surface area contributed by atoms with Crippen LogP contribution < -0.4 is 5.73 Å². The van der Waals surface area contributed by atoms with Crippen molar-refractivity contribution in [2.24, 2.45) is 11.1 Å². The molecule has 0 spiro atoms. The summed E-state index contributed by atoms with van der Waals surface area (Å²) < 4.78 is 5.66. The number of carbonyl (C=O) groups excluding carboxylic acids is 1. The number of halogens is 1. The fraction of sp³-hybridized carbons (Fsp3) is 0.938. The second kappa shape index (κ2) is 8.96. The van der Waals surface area contributed by atoms with Crippen molar-refractivity contribution >= 4 is 18.3 Å². The van der Waals surface area contributed by atoms with Gasteiger partial charge in [0, 0.05) is 26.1 Å². The lowest BCUT2D eigenvalue weighted by Gasteiger charge is -2.37. The normalized spacial score (nSPS) is 24.4. The zero-order valence-electron chi connectivity index (χ0n) is 13.3. The summed E-state index contributed by atoms with van der Waals surface area (Å²) in [5, 5.41) is 0. The van der Waals surface area contributed by atoms with Crippen LogP contribution in [0.4, 0.5) is 0 Å². The van der Waals surface area contributed by atoms with Gasteiger partial charge in [-0.1, -0.05) is 19.3 Å². The van der Waals surface area contributed by atoms with Gasteiger partial charge in [0.05, 0.1) is 6.10 Å². The van der Waals surface area contributed by atoms with E-state index in [2.05, 4.69) is 6.92 Å². The van der Waals surface area contributed by atoms with Gasteiger partial charge in [-0.25, -0.2) is 0 Å². The molecule has 1 unspecified atom stereocenters. The van der Waals surface area contributed by atoms with E-state index in [1.54, 1.807) is 0 Å². The van der Waals surface area contributed by atoms with E-state index in [1.165, 1.54) is 19.3 Å². The fourth-order valence-electron chi connectivity index (χ4n) is 3.63. The Kier molecular flexibility index (Phi) is 7.99. The second-order valence-electron chi connectivity index (χ2n) is 6.51. The van der Waals surface area contributed by atoms with Crippen molar-refractivity contribution in [2.75, 3.05) is 26.2 Å². The molecule has 2 N–H and O–H groups in total. The Labute approximate surface area is 135 Å². The van der Waals surface area contributed by atoms with Gasteiger partial charge < -0.3 is 15.4 Å². The van der Waals surface area contributed by atoms with Crippen molar-refractivity contribution in [3.8, 4) is 0 Å². The van der Waals surface area contributed by atoms with E-state index >= 15 is 0 Å². The molecule has 4 nitrogen and oxygen atoms in total. The molecule has 0 aromatic rings. The summed E-state index contributed by atoms with van der Waals surface area (Å²) >= 11 is 0. The first kappa shape index (κ1) is 18.7. The molecule has 1 aliphatic heterocycles. The van der Waals surface area contributed by atoms with E-state index in [9.17, 15) is 4.79 Å². The van der Waals surface area contributed by atoms with Crippen LogP contribution in [0.5, 0.6) is 0 Å². The van der Waals surface area contributed by atoms with Crippen molar-refractivity contribution in [3.05, 3.63) is 0 Å². The number of ether oxygens (including phenoxy) is 1. The molecule has 1 saturated heterocycles. The average Bonchev–Trinajstić information content (AvgIpc) is 2.98.